The van der Waals surface area contributed by atoms with E-state index in [4.69, 9.17) is 10.6 Å². The van der Waals surface area contributed by atoms with Crippen LogP contribution in [0.4, 0.5) is 5.69 Å². The number of hydrogen-bond donors (Lipinski definition) is 2. The molecule has 0 aliphatic heterocycles. The Morgan fingerprint density at radius 3 is 2.33 bits per heavy atom. The summed E-state index contributed by atoms with van der Waals surface area (Å²) in [4.78, 5) is 2.07. The Hall–Kier alpha value is -2.04. The monoisotopic (exact) mass is 285 g/mol. The lowest BCUT2D eigenvalue weighted by molar-refractivity contribution is 0.333. The highest BCUT2D eigenvalue weighted by Crippen LogP contribution is 2.30. The van der Waals surface area contributed by atoms with Gasteiger partial charge in [0.05, 0.1) is 12.6 Å². The van der Waals surface area contributed by atoms with E-state index < -0.39 is 0 Å². The van der Waals surface area contributed by atoms with Gasteiger partial charge in [-0.25, -0.2) is 5.43 Å². The maximum atomic E-state index is 5.78. The van der Waals surface area contributed by atoms with Crippen molar-refractivity contribution in [2.45, 2.75) is 13.0 Å². The molecule has 0 saturated carbocycles. The predicted octanol–water partition coefficient (Wildman–Crippen LogP) is 2.70. The molecule has 0 radical (unpaired) electrons. The van der Waals surface area contributed by atoms with E-state index in [1.165, 1.54) is 0 Å². The summed E-state index contributed by atoms with van der Waals surface area (Å²) in [5, 5.41) is 0. The molecule has 2 aromatic carbocycles. The Kier molecular flexibility index (Phi) is 5.20. The molecular formula is C17H23N3O. The Morgan fingerprint density at radius 2 is 1.76 bits per heavy atom. The van der Waals surface area contributed by atoms with Gasteiger partial charge in [0.2, 0.25) is 0 Å². The number of nitrogens with zero attached hydrogens (tertiary/aromatic N) is 1. The van der Waals surface area contributed by atoms with Crippen molar-refractivity contribution in [3.05, 3.63) is 59.7 Å². The summed E-state index contributed by atoms with van der Waals surface area (Å²) in [6.45, 7) is 2.61. The van der Waals surface area contributed by atoms with Crippen LogP contribution in [0.25, 0.3) is 0 Å². The molecule has 0 bridgehead atoms. The molecule has 0 heterocycles. The minimum absolute atomic E-state index is 0.0936. The molecule has 112 valence electrons. The summed E-state index contributed by atoms with van der Waals surface area (Å²) in [5.41, 5.74) is 6.20. The highest BCUT2D eigenvalue weighted by Gasteiger charge is 2.16. The molecule has 2 aromatic rings. The molecule has 0 aliphatic rings. The van der Waals surface area contributed by atoms with Gasteiger partial charge in [-0.3, -0.25) is 5.84 Å². The molecule has 0 saturated heterocycles. The second-order valence-electron chi connectivity index (χ2n) is 5.06. The first kappa shape index (κ1) is 15.4. The lowest BCUT2D eigenvalue weighted by Gasteiger charge is -2.21. The number of anilines is 1. The van der Waals surface area contributed by atoms with Crippen molar-refractivity contribution in [1.82, 2.24) is 5.43 Å². The smallest absolute Gasteiger partial charge is 0.124 e. The van der Waals surface area contributed by atoms with Crippen LogP contribution in [0, 0.1) is 0 Å². The van der Waals surface area contributed by atoms with Crippen molar-refractivity contribution in [3.8, 4) is 5.75 Å². The Bertz CT molecular complexity index is 567. The van der Waals surface area contributed by atoms with Crippen molar-refractivity contribution < 1.29 is 4.74 Å². The second kappa shape index (κ2) is 7.11. The molecule has 0 aliphatic carbocycles. The van der Waals surface area contributed by atoms with Crippen LogP contribution in [-0.4, -0.2) is 20.7 Å². The fraction of sp³-hybridized carbons (Fsp3) is 0.294. The number of benzene rings is 2. The Balaban J connectivity index is 2.35. The zero-order chi connectivity index (χ0) is 15.2. The van der Waals surface area contributed by atoms with Crippen LogP contribution >= 0.6 is 0 Å². The molecule has 0 fully saturated rings. The van der Waals surface area contributed by atoms with Gasteiger partial charge < -0.3 is 9.64 Å². The third-order valence-electron chi connectivity index (χ3n) is 3.44. The van der Waals surface area contributed by atoms with Crippen molar-refractivity contribution in [3.63, 3.8) is 0 Å². The number of nitrogens with one attached hydrogen (secondary N) is 1. The summed E-state index contributed by atoms with van der Waals surface area (Å²) in [6.07, 6.45) is 0. The average Bonchev–Trinajstić information content (AvgIpc) is 2.50. The van der Waals surface area contributed by atoms with E-state index in [1.54, 1.807) is 0 Å². The number of nitrogens with two attached hydrogens (primary N) is 1. The van der Waals surface area contributed by atoms with Gasteiger partial charge in [-0.1, -0.05) is 30.3 Å². The van der Waals surface area contributed by atoms with Crippen LogP contribution < -0.4 is 20.9 Å². The zero-order valence-corrected chi connectivity index (χ0v) is 12.8. The fourth-order valence-electron chi connectivity index (χ4n) is 2.34. The van der Waals surface area contributed by atoms with Crippen molar-refractivity contribution in [1.29, 1.82) is 0 Å². The van der Waals surface area contributed by atoms with Crippen molar-refractivity contribution >= 4 is 5.69 Å². The summed E-state index contributed by atoms with van der Waals surface area (Å²) in [7, 11) is 4.05. The number of rotatable bonds is 6. The molecule has 21 heavy (non-hydrogen) atoms. The van der Waals surface area contributed by atoms with Crippen LogP contribution in [0.5, 0.6) is 5.75 Å². The number of hydrazine groups is 1. The van der Waals surface area contributed by atoms with Gasteiger partial charge in [0.25, 0.3) is 0 Å². The van der Waals surface area contributed by atoms with E-state index >= 15 is 0 Å². The standard InChI is InChI=1S/C17H23N3O/c1-4-21-16-8-6-5-7-15(16)17(19-18)13-9-11-14(12-10-13)20(2)3/h5-12,17,19H,4,18H2,1-3H3. The predicted molar refractivity (Wildman–Crippen MR) is 87.5 cm³/mol. The van der Waals surface area contributed by atoms with Crippen molar-refractivity contribution in [2.75, 3.05) is 25.6 Å². The summed E-state index contributed by atoms with van der Waals surface area (Å²) < 4.78 is 5.70. The molecule has 4 heteroatoms. The van der Waals surface area contributed by atoms with Crippen LogP contribution in [0.15, 0.2) is 48.5 Å². The first-order valence-corrected chi connectivity index (χ1v) is 7.12. The molecule has 3 N–H and O–H groups in total. The summed E-state index contributed by atoms with van der Waals surface area (Å²) in [5.74, 6) is 6.64. The van der Waals surface area contributed by atoms with E-state index in [0.29, 0.717) is 6.61 Å². The molecule has 4 nitrogen and oxygen atoms in total. The lowest BCUT2D eigenvalue weighted by Crippen LogP contribution is -2.29. The van der Waals surface area contributed by atoms with E-state index in [2.05, 4.69) is 34.6 Å². The first-order valence-electron chi connectivity index (χ1n) is 7.12. The van der Waals surface area contributed by atoms with Crippen molar-refractivity contribution in [2.24, 2.45) is 5.84 Å². The molecular weight excluding hydrogens is 262 g/mol. The minimum Gasteiger partial charge on any atom is -0.494 e. The molecule has 0 amide bonds. The van der Waals surface area contributed by atoms with Crippen LogP contribution in [0.1, 0.15) is 24.1 Å². The third kappa shape index (κ3) is 3.54. The summed E-state index contributed by atoms with van der Waals surface area (Å²) in [6, 6.07) is 16.2. The molecule has 0 spiro atoms. The fourth-order valence-corrected chi connectivity index (χ4v) is 2.34. The van der Waals surface area contributed by atoms with Gasteiger partial charge in [0, 0.05) is 25.3 Å². The normalized spacial score (nSPS) is 12.0. The third-order valence-corrected chi connectivity index (χ3v) is 3.44. The van der Waals surface area contributed by atoms with E-state index in [1.807, 2.05) is 45.3 Å². The number of ether oxygens (including phenoxy) is 1. The van der Waals surface area contributed by atoms with Gasteiger partial charge in [0.15, 0.2) is 0 Å². The van der Waals surface area contributed by atoms with E-state index in [-0.39, 0.29) is 6.04 Å². The maximum Gasteiger partial charge on any atom is 0.124 e. The minimum atomic E-state index is -0.0936. The number of para-hydroxylation sites is 1. The van der Waals surface area contributed by atoms with Crippen LogP contribution in [0.3, 0.4) is 0 Å². The quantitative estimate of drug-likeness (QED) is 0.633. The lowest BCUT2D eigenvalue weighted by atomic mass is 9.98. The Morgan fingerprint density at radius 1 is 1.10 bits per heavy atom. The topological polar surface area (TPSA) is 50.5 Å². The molecule has 0 aromatic heterocycles. The maximum absolute atomic E-state index is 5.78. The molecule has 1 unspecified atom stereocenters. The highest BCUT2D eigenvalue weighted by molar-refractivity contribution is 5.49. The van der Waals surface area contributed by atoms with E-state index in [9.17, 15) is 0 Å². The largest absolute Gasteiger partial charge is 0.494 e. The van der Waals surface area contributed by atoms with Crippen LogP contribution in [-0.2, 0) is 0 Å². The average molecular weight is 285 g/mol. The summed E-state index contributed by atoms with van der Waals surface area (Å²) >= 11 is 0. The van der Waals surface area contributed by atoms with Gasteiger partial charge >= 0.3 is 0 Å². The Labute approximate surface area is 126 Å². The first-order chi connectivity index (χ1) is 10.2. The zero-order valence-electron chi connectivity index (χ0n) is 12.8. The van der Waals surface area contributed by atoms with Gasteiger partial charge in [-0.2, -0.15) is 0 Å². The van der Waals surface area contributed by atoms with Gasteiger partial charge in [0.1, 0.15) is 5.75 Å². The second-order valence-corrected chi connectivity index (χ2v) is 5.06. The van der Waals surface area contributed by atoms with Gasteiger partial charge in [-0.05, 0) is 30.7 Å². The molecule has 2 rings (SSSR count). The van der Waals surface area contributed by atoms with Gasteiger partial charge in [-0.15, -0.1) is 0 Å². The van der Waals surface area contributed by atoms with E-state index in [0.717, 1.165) is 22.6 Å². The molecule has 1 atom stereocenters. The SMILES string of the molecule is CCOc1ccccc1C(NN)c1ccc(N(C)C)cc1. The number of hydrogen-bond acceptors (Lipinski definition) is 4. The van der Waals surface area contributed by atoms with Crippen LogP contribution in [0.2, 0.25) is 0 Å². The highest BCUT2D eigenvalue weighted by atomic mass is 16.5.